The third-order valence-corrected chi connectivity index (χ3v) is 2.00. The highest BCUT2D eigenvalue weighted by molar-refractivity contribution is 6.40. The first-order valence-electron chi connectivity index (χ1n) is 3.14. The van der Waals surface area contributed by atoms with Crippen molar-refractivity contribution in [2.24, 2.45) is 0 Å². The SMILES string of the molecule is CCCC.[Si]O[Si]O[Si]O[Si]. The molecule has 0 N–H and O–H groups in total. The van der Waals surface area contributed by atoms with E-state index in [1.165, 1.54) is 12.8 Å². The van der Waals surface area contributed by atoms with Gasteiger partial charge in [-0.3, -0.25) is 0 Å². The minimum absolute atomic E-state index is 0.00849. The minimum Gasteiger partial charge on any atom is -0.435 e. The molecule has 0 amide bonds. The lowest BCUT2D eigenvalue weighted by Gasteiger charge is -1.91. The van der Waals surface area contributed by atoms with Crippen LogP contribution in [0.4, 0.5) is 0 Å². The fraction of sp³-hybridized carbons (Fsp3) is 1.00. The first-order valence-corrected chi connectivity index (χ1v) is 5.59. The molecule has 0 aromatic carbocycles. The third kappa shape index (κ3) is 24.9. The van der Waals surface area contributed by atoms with Crippen LogP contribution in [0, 0.1) is 0 Å². The van der Waals surface area contributed by atoms with E-state index < -0.39 is 0 Å². The van der Waals surface area contributed by atoms with Gasteiger partial charge >= 0.3 is 20.0 Å². The zero-order valence-corrected chi connectivity index (χ0v) is 10.6. The molecule has 0 aliphatic carbocycles. The van der Waals surface area contributed by atoms with Crippen LogP contribution in [-0.4, -0.2) is 41.0 Å². The quantitative estimate of drug-likeness (QED) is 0.483. The van der Waals surface area contributed by atoms with E-state index in [0.29, 0.717) is 0 Å². The highest BCUT2D eigenvalue weighted by Gasteiger charge is 1.88. The van der Waals surface area contributed by atoms with Gasteiger partial charge in [-0.1, -0.05) is 26.7 Å². The predicted molar refractivity (Wildman–Crippen MR) is 46.9 cm³/mol. The smallest absolute Gasteiger partial charge is 0.411 e. The maximum absolute atomic E-state index is 4.65. The second-order valence-electron chi connectivity index (χ2n) is 1.47. The molecule has 0 saturated carbocycles. The first-order chi connectivity index (χ1) is 5.33. The molecule has 0 spiro atoms. The summed E-state index contributed by atoms with van der Waals surface area (Å²) in [6.07, 6.45) is 2.64. The standard InChI is InChI=1S/C4H10.O3Si4/c1-3-4-2;4-1-6-3-7-2-5/h3-4H2,1-2H3;. The van der Waals surface area contributed by atoms with E-state index in [9.17, 15) is 0 Å². The first kappa shape index (κ1) is 14.3. The molecule has 0 aliphatic heterocycles. The van der Waals surface area contributed by atoms with Crippen LogP contribution in [0.5, 0.6) is 0 Å². The van der Waals surface area contributed by atoms with Crippen molar-refractivity contribution < 1.29 is 12.3 Å². The molecule has 0 aliphatic rings. The zero-order valence-electron chi connectivity index (χ0n) is 6.64. The summed E-state index contributed by atoms with van der Waals surface area (Å²) in [5.74, 6) is 0. The monoisotopic (exact) mass is 218 g/mol. The van der Waals surface area contributed by atoms with Gasteiger partial charge in [0.2, 0.25) is 21.0 Å². The fourth-order valence-electron chi connectivity index (χ4n) is 0.0587. The molecule has 0 aromatic rings. The Balaban J connectivity index is 0. The maximum atomic E-state index is 4.65. The van der Waals surface area contributed by atoms with Gasteiger partial charge in [0, 0.05) is 0 Å². The second kappa shape index (κ2) is 17.0. The summed E-state index contributed by atoms with van der Waals surface area (Å²) in [7, 11) is 5.47. The number of hydrogen-bond donors (Lipinski definition) is 0. The summed E-state index contributed by atoms with van der Waals surface area (Å²) in [5.41, 5.74) is 0. The lowest BCUT2D eigenvalue weighted by atomic mass is 10.4. The lowest BCUT2D eigenvalue weighted by molar-refractivity contribution is 0.443. The molecule has 0 unspecified atom stereocenters. The Kier molecular flexibility index (Phi) is 22.1. The maximum Gasteiger partial charge on any atom is 0.411 e. The summed E-state index contributed by atoms with van der Waals surface area (Å²) in [5, 5.41) is 0. The Morgan fingerprint density at radius 1 is 1.00 bits per heavy atom. The van der Waals surface area contributed by atoms with Crippen LogP contribution >= 0.6 is 0 Å². The third-order valence-electron chi connectivity index (χ3n) is 0.667. The highest BCUT2D eigenvalue weighted by Crippen LogP contribution is 1.76. The number of hydrogen-bond acceptors (Lipinski definition) is 3. The van der Waals surface area contributed by atoms with E-state index in [-0.39, 0.29) is 20.0 Å². The Morgan fingerprint density at radius 2 is 1.36 bits per heavy atom. The van der Waals surface area contributed by atoms with Gasteiger partial charge in [-0.15, -0.1) is 0 Å². The van der Waals surface area contributed by atoms with Gasteiger partial charge in [0.25, 0.3) is 0 Å². The van der Waals surface area contributed by atoms with Crippen LogP contribution in [0.15, 0.2) is 0 Å². The molecule has 7 heteroatoms. The summed E-state index contributed by atoms with van der Waals surface area (Å²) in [6, 6.07) is 0. The molecular weight excluding hydrogens is 208 g/mol. The van der Waals surface area contributed by atoms with Gasteiger partial charge in [0.05, 0.1) is 0 Å². The van der Waals surface area contributed by atoms with Crippen molar-refractivity contribution in [3.63, 3.8) is 0 Å². The van der Waals surface area contributed by atoms with Crippen LogP contribution in [0.1, 0.15) is 26.7 Å². The largest absolute Gasteiger partial charge is 0.435 e. The molecular formula is C4H10O3Si4. The summed E-state index contributed by atoms with van der Waals surface area (Å²) < 4.78 is 13.4. The molecule has 0 aromatic heterocycles. The van der Waals surface area contributed by atoms with Gasteiger partial charge in [-0.25, -0.2) is 0 Å². The summed E-state index contributed by atoms with van der Waals surface area (Å²) >= 11 is 0. The van der Waals surface area contributed by atoms with E-state index in [0.717, 1.165) is 0 Å². The van der Waals surface area contributed by atoms with Crippen molar-refractivity contribution in [1.82, 2.24) is 0 Å². The Hall–Kier alpha value is 0.748. The zero-order chi connectivity index (χ0) is 8.95. The highest BCUT2D eigenvalue weighted by atomic mass is 28.4. The second-order valence-corrected chi connectivity index (χ2v) is 4.26. The van der Waals surface area contributed by atoms with Crippen LogP contribution in [0.25, 0.3) is 0 Å². The topological polar surface area (TPSA) is 27.7 Å². The van der Waals surface area contributed by atoms with Gasteiger partial charge in [-0.2, -0.15) is 0 Å². The lowest BCUT2D eigenvalue weighted by Crippen LogP contribution is -2.08. The van der Waals surface area contributed by atoms with Crippen molar-refractivity contribution in [2.75, 3.05) is 0 Å². The normalized spacial score (nSPS) is 8.73. The predicted octanol–water partition coefficient (Wildman–Crippen LogP) is 0.0780. The molecule has 0 heterocycles. The van der Waals surface area contributed by atoms with Gasteiger partial charge < -0.3 is 12.3 Å². The molecule has 3 nitrogen and oxygen atoms in total. The number of rotatable bonds is 5. The Bertz CT molecular complexity index is 50.6. The molecule has 60 valence electrons. The Labute approximate surface area is 80.4 Å². The molecule has 0 atom stereocenters. The van der Waals surface area contributed by atoms with Crippen molar-refractivity contribution in [3.05, 3.63) is 0 Å². The molecule has 0 rings (SSSR count). The summed E-state index contributed by atoms with van der Waals surface area (Å²) in [4.78, 5) is 0. The van der Waals surface area contributed by atoms with E-state index in [1.54, 1.807) is 0 Å². The summed E-state index contributed by atoms with van der Waals surface area (Å²) in [6.45, 7) is 4.36. The van der Waals surface area contributed by atoms with Crippen molar-refractivity contribution >= 4 is 41.0 Å². The molecule has 0 bridgehead atoms. The van der Waals surface area contributed by atoms with Gasteiger partial charge in [0.15, 0.2) is 0 Å². The van der Waals surface area contributed by atoms with Crippen LogP contribution < -0.4 is 0 Å². The van der Waals surface area contributed by atoms with E-state index in [2.05, 4.69) is 47.2 Å². The number of unbranched alkanes of at least 4 members (excludes halogenated alkanes) is 1. The average molecular weight is 218 g/mol. The van der Waals surface area contributed by atoms with Crippen molar-refractivity contribution in [2.45, 2.75) is 26.7 Å². The van der Waals surface area contributed by atoms with E-state index in [4.69, 9.17) is 0 Å². The van der Waals surface area contributed by atoms with Crippen molar-refractivity contribution in [3.8, 4) is 0 Å². The minimum atomic E-state index is -0.00849. The van der Waals surface area contributed by atoms with Crippen LogP contribution in [0.3, 0.4) is 0 Å². The van der Waals surface area contributed by atoms with Crippen LogP contribution in [0.2, 0.25) is 0 Å². The van der Waals surface area contributed by atoms with E-state index >= 15 is 0 Å². The van der Waals surface area contributed by atoms with E-state index in [1.807, 2.05) is 0 Å². The Morgan fingerprint density at radius 3 is 1.55 bits per heavy atom. The van der Waals surface area contributed by atoms with Crippen molar-refractivity contribution in [1.29, 1.82) is 0 Å². The molecule has 10 radical (unpaired) electrons. The molecule has 11 heavy (non-hydrogen) atoms. The molecule has 0 fully saturated rings. The fourth-order valence-corrected chi connectivity index (χ4v) is 1.28. The molecule has 0 saturated heterocycles. The van der Waals surface area contributed by atoms with Gasteiger partial charge in [0.1, 0.15) is 0 Å². The van der Waals surface area contributed by atoms with Crippen LogP contribution in [-0.2, 0) is 12.3 Å². The average Bonchev–Trinajstić information content (AvgIpc) is 2.06. The van der Waals surface area contributed by atoms with Gasteiger partial charge in [-0.05, 0) is 0 Å².